The van der Waals surface area contributed by atoms with Crippen LogP contribution in [0.4, 0.5) is 5.69 Å². The SMILES string of the molecule is CC1CC(C)CC(OCc2ccc(N)cc2Br)C1. The molecule has 1 aliphatic rings. The van der Waals surface area contributed by atoms with E-state index in [1.807, 2.05) is 18.2 Å². The van der Waals surface area contributed by atoms with E-state index < -0.39 is 0 Å². The fraction of sp³-hybridized carbons (Fsp3) is 0.600. The highest BCUT2D eigenvalue weighted by molar-refractivity contribution is 9.10. The lowest BCUT2D eigenvalue weighted by Gasteiger charge is -2.31. The zero-order valence-electron chi connectivity index (χ0n) is 11.2. The molecule has 2 N–H and O–H groups in total. The van der Waals surface area contributed by atoms with Crippen molar-refractivity contribution in [3.05, 3.63) is 28.2 Å². The van der Waals surface area contributed by atoms with Gasteiger partial charge < -0.3 is 10.5 Å². The fourth-order valence-electron chi connectivity index (χ4n) is 2.90. The molecule has 18 heavy (non-hydrogen) atoms. The molecular weight excluding hydrogens is 290 g/mol. The van der Waals surface area contributed by atoms with E-state index >= 15 is 0 Å². The molecule has 0 aromatic heterocycles. The zero-order valence-corrected chi connectivity index (χ0v) is 12.7. The second-order valence-electron chi connectivity index (χ2n) is 5.70. The molecule has 0 saturated heterocycles. The first-order chi connectivity index (χ1) is 8.54. The van der Waals surface area contributed by atoms with E-state index in [0.29, 0.717) is 12.7 Å². The Hall–Kier alpha value is -0.540. The molecule has 1 aliphatic carbocycles. The van der Waals surface area contributed by atoms with Gasteiger partial charge in [0.15, 0.2) is 0 Å². The molecule has 100 valence electrons. The Morgan fingerprint density at radius 2 is 1.89 bits per heavy atom. The predicted molar refractivity (Wildman–Crippen MR) is 79.3 cm³/mol. The number of halogens is 1. The van der Waals surface area contributed by atoms with Gasteiger partial charge in [-0.3, -0.25) is 0 Å². The van der Waals surface area contributed by atoms with Crippen molar-refractivity contribution in [2.45, 2.75) is 45.8 Å². The van der Waals surface area contributed by atoms with Gasteiger partial charge in [0, 0.05) is 10.2 Å². The third-order valence-corrected chi connectivity index (χ3v) is 4.43. The number of benzene rings is 1. The van der Waals surface area contributed by atoms with Crippen molar-refractivity contribution in [3.8, 4) is 0 Å². The van der Waals surface area contributed by atoms with Crippen LogP contribution >= 0.6 is 15.9 Å². The summed E-state index contributed by atoms with van der Waals surface area (Å²) in [5.41, 5.74) is 7.69. The molecule has 0 spiro atoms. The first kappa shape index (κ1) is 13.9. The van der Waals surface area contributed by atoms with E-state index in [1.165, 1.54) is 24.8 Å². The second kappa shape index (κ2) is 6.07. The van der Waals surface area contributed by atoms with Crippen LogP contribution < -0.4 is 5.73 Å². The normalized spacial score (nSPS) is 28.3. The maximum atomic E-state index is 6.06. The Balaban J connectivity index is 1.91. The average Bonchev–Trinajstić information content (AvgIpc) is 2.26. The summed E-state index contributed by atoms with van der Waals surface area (Å²) in [4.78, 5) is 0. The molecular formula is C15H22BrNO. The highest BCUT2D eigenvalue weighted by atomic mass is 79.9. The van der Waals surface area contributed by atoms with Gasteiger partial charge in [-0.25, -0.2) is 0 Å². The predicted octanol–water partition coefficient (Wildman–Crippen LogP) is 4.37. The molecule has 0 aliphatic heterocycles. The lowest BCUT2D eigenvalue weighted by Crippen LogP contribution is -2.26. The van der Waals surface area contributed by atoms with Gasteiger partial charge in [0.2, 0.25) is 0 Å². The van der Waals surface area contributed by atoms with Crippen LogP contribution in [0.2, 0.25) is 0 Å². The van der Waals surface area contributed by atoms with Crippen molar-refractivity contribution in [1.29, 1.82) is 0 Å². The minimum atomic E-state index is 0.410. The second-order valence-corrected chi connectivity index (χ2v) is 6.56. The average molecular weight is 312 g/mol. The van der Waals surface area contributed by atoms with Crippen LogP contribution in [0, 0.1) is 11.8 Å². The minimum absolute atomic E-state index is 0.410. The highest BCUT2D eigenvalue weighted by Crippen LogP contribution is 2.31. The third-order valence-electron chi connectivity index (χ3n) is 3.69. The molecule has 2 nitrogen and oxygen atoms in total. The van der Waals surface area contributed by atoms with E-state index in [4.69, 9.17) is 10.5 Å². The van der Waals surface area contributed by atoms with Crippen LogP contribution in [0.5, 0.6) is 0 Å². The summed E-state index contributed by atoms with van der Waals surface area (Å²) >= 11 is 3.54. The summed E-state index contributed by atoms with van der Waals surface area (Å²) in [6, 6.07) is 5.90. The van der Waals surface area contributed by atoms with Crippen LogP contribution in [0.3, 0.4) is 0 Å². The summed E-state index contributed by atoms with van der Waals surface area (Å²) in [7, 11) is 0. The Morgan fingerprint density at radius 3 is 2.50 bits per heavy atom. The standard InChI is InChI=1S/C15H22BrNO/c1-10-5-11(2)7-14(6-10)18-9-12-3-4-13(17)8-15(12)16/h3-4,8,10-11,14H,5-7,9,17H2,1-2H3. The molecule has 3 heteroatoms. The molecule has 1 fully saturated rings. The Kier molecular flexibility index (Phi) is 4.68. The number of hydrogen-bond acceptors (Lipinski definition) is 2. The van der Waals surface area contributed by atoms with E-state index in [0.717, 1.165) is 22.0 Å². The summed E-state index contributed by atoms with van der Waals surface area (Å²) in [6.45, 7) is 5.32. The summed E-state index contributed by atoms with van der Waals surface area (Å²) in [5.74, 6) is 1.57. The molecule has 1 saturated carbocycles. The van der Waals surface area contributed by atoms with Gasteiger partial charge in [-0.1, -0.05) is 35.8 Å². The van der Waals surface area contributed by atoms with E-state index in [9.17, 15) is 0 Å². The third kappa shape index (κ3) is 3.72. The lowest BCUT2D eigenvalue weighted by atomic mass is 9.82. The Labute approximate surface area is 118 Å². The fourth-order valence-corrected chi connectivity index (χ4v) is 3.41. The molecule has 2 atom stereocenters. The molecule has 0 amide bonds. The number of ether oxygens (including phenoxy) is 1. The van der Waals surface area contributed by atoms with Crippen molar-refractivity contribution in [2.24, 2.45) is 11.8 Å². The molecule has 1 aromatic carbocycles. The smallest absolute Gasteiger partial charge is 0.0731 e. The number of anilines is 1. The van der Waals surface area contributed by atoms with Gasteiger partial charge in [0.25, 0.3) is 0 Å². The van der Waals surface area contributed by atoms with Gasteiger partial charge >= 0.3 is 0 Å². The van der Waals surface area contributed by atoms with Gasteiger partial charge in [-0.15, -0.1) is 0 Å². The summed E-state index contributed by atoms with van der Waals surface area (Å²) in [6.07, 6.45) is 4.13. The number of hydrogen-bond donors (Lipinski definition) is 1. The Bertz CT molecular complexity index is 397. The summed E-state index contributed by atoms with van der Waals surface area (Å²) in [5, 5.41) is 0. The maximum Gasteiger partial charge on any atom is 0.0731 e. The van der Waals surface area contributed by atoms with Crippen LogP contribution in [-0.4, -0.2) is 6.10 Å². The monoisotopic (exact) mass is 311 g/mol. The zero-order chi connectivity index (χ0) is 13.1. The van der Waals surface area contributed by atoms with Crippen LogP contribution in [-0.2, 0) is 11.3 Å². The molecule has 1 aromatic rings. The minimum Gasteiger partial charge on any atom is -0.399 e. The van der Waals surface area contributed by atoms with Gasteiger partial charge in [0.05, 0.1) is 12.7 Å². The van der Waals surface area contributed by atoms with E-state index in [1.54, 1.807) is 0 Å². The Morgan fingerprint density at radius 1 is 1.22 bits per heavy atom. The summed E-state index contributed by atoms with van der Waals surface area (Å²) < 4.78 is 7.10. The molecule has 2 rings (SSSR count). The lowest BCUT2D eigenvalue weighted by molar-refractivity contribution is -0.00936. The van der Waals surface area contributed by atoms with Crippen molar-refractivity contribution in [1.82, 2.24) is 0 Å². The van der Waals surface area contributed by atoms with Crippen LogP contribution in [0.1, 0.15) is 38.7 Å². The molecule has 0 heterocycles. The van der Waals surface area contributed by atoms with Crippen molar-refractivity contribution in [2.75, 3.05) is 5.73 Å². The van der Waals surface area contributed by atoms with Crippen molar-refractivity contribution in [3.63, 3.8) is 0 Å². The largest absolute Gasteiger partial charge is 0.399 e. The number of nitrogen functional groups attached to an aromatic ring is 1. The highest BCUT2D eigenvalue weighted by Gasteiger charge is 2.24. The van der Waals surface area contributed by atoms with Crippen molar-refractivity contribution >= 4 is 21.6 Å². The van der Waals surface area contributed by atoms with Crippen LogP contribution in [0.25, 0.3) is 0 Å². The maximum absolute atomic E-state index is 6.06. The number of rotatable bonds is 3. The molecule has 2 unspecified atom stereocenters. The molecule has 0 bridgehead atoms. The number of nitrogens with two attached hydrogens (primary N) is 1. The van der Waals surface area contributed by atoms with E-state index in [-0.39, 0.29) is 0 Å². The van der Waals surface area contributed by atoms with E-state index in [2.05, 4.69) is 29.8 Å². The van der Waals surface area contributed by atoms with Crippen molar-refractivity contribution < 1.29 is 4.74 Å². The van der Waals surface area contributed by atoms with Gasteiger partial charge in [0.1, 0.15) is 0 Å². The topological polar surface area (TPSA) is 35.2 Å². The molecule has 0 radical (unpaired) electrons. The van der Waals surface area contributed by atoms with Gasteiger partial charge in [-0.05, 0) is 48.8 Å². The first-order valence-electron chi connectivity index (χ1n) is 6.70. The van der Waals surface area contributed by atoms with Crippen LogP contribution in [0.15, 0.2) is 22.7 Å². The van der Waals surface area contributed by atoms with Gasteiger partial charge in [-0.2, -0.15) is 0 Å². The first-order valence-corrected chi connectivity index (χ1v) is 7.49. The quantitative estimate of drug-likeness (QED) is 0.841.